The van der Waals surface area contributed by atoms with Crippen molar-refractivity contribution in [1.29, 1.82) is 0 Å². The fourth-order valence-corrected chi connectivity index (χ4v) is 2.63. The summed E-state index contributed by atoms with van der Waals surface area (Å²) in [7, 11) is 1.76. The van der Waals surface area contributed by atoms with Crippen molar-refractivity contribution in [3.8, 4) is 0 Å². The molecule has 2 heteroatoms. The minimum absolute atomic E-state index is 0.382. The lowest BCUT2D eigenvalue weighted by molar-refractivity contribution is 0.154. The quantitative estimate of drug-likeness (QED) is 0.762. The van der Waals surface area contributed by atoms with Gasteiger partial charge in [0.2, 0.25) is 0 Å². The normalized spacial score (nSPS) is 31.2. The predicted octanol–water partition coefficient (Wildman–Crippen LogP) is 2.81. The van der Waals surface area contributed by atoms with E-state index in [1.54, 1.807) is 7.11 Å². The molecular weight excluding hydrogens is 186 g/mol. The molecule has 0 aromatic heterocycles. The molecule has 1 aliphatic carbocycles. The number of nitrogens with two attached hydrogens (primary N) is 1. The van der Waals surface area contributed by atoms with Crippen molar-refractivity contribution in [2.75, 3.05) is 13.7 Å². The fourth-order valence-electron chi connectivity index (χ4n) is 2.63. The van der Waals surface area contributed by atoms with Crippen LogP contribution in [0.4, 0.5) is 0 Å². The van der Waals surface area contributed by atoms with Crippen molar-refractivity contribution in [3.05, 3.63) is 0 Å². The Bertz CT molecular complexity index is 164. The molecule has 2 atom stereocenters. The van der Waals surface area contributed by atoms with Crippen molar-refractivity contribution in [2.24, 2.45) is 23.5 Å². The molecule has 0 saturated heterocycles. The van der Waals surface area contributed by atoms with Gasteiger partial charge in [-0.05, 0) is 37.0 Å². The molecule has 2 nitrogen and oxygen atoms in total. The minimum atomic E-state index is 0.382. The summed E-state index contributed by atoms with van der Waals surface area (Å²) in [6.07, 6.45) is 6.51. The number of rotatable bonds is 5. The second-order valence-corrected chi connectivity index (χ2v) is 5.36. The summed E-state index contributed by atoms with van der Waals surface area (Å²) < 4.78 is 5.11. The molecule has 0 aromatic rings. The second-order valence-electron chi connectivity index (χ2n) is 5.36. The third kappa shape index (κ3) is 4.12. The Labute approximate surface area is 94.6 Å². The van der Waals surface area contributed by atoms with Gasteiger partial charge in [0.25, 0.3) is 0 Å². The summed E-state index contributed by atoms with van der Waals surface area (Å²) in [5.74, 6) is 2.28. The Morgan fingerprint density at radius 1 is 1.27 bits per heavy atom. The average molecular weight is 213 g/mol. The molecule has 2 N–H and O–H groups in total. The summed E-state index contributed by atoms with van der Waals surface area (Å²) in [6.45, 7) is 5.47. The second kappa shape index (κ2) is 6.49. The number of ether oxygens (including phenoxy) is 1. The largest absolute Gasteiger partial charge is 0.385 e. The van der Waals surface area contributed by atoms with E-state index in [4.69, 9.17) is 10.5 Å². The summed E-state index contributed by atoms with van der Waals surface area (Å²) in [4.78, 5) is 0. The maximum Gasteiger partial charge on any atom is 0.0465 e. The van der Waals surface area contributed by atoms with Crippen LogP contribution in [-0.2, 0) is 4.74 Å². The first kappa shape index (κ1) is 13.0. The maximum atomic E-state index is 6.32. The highest BCUT2D eigenvalue weighted by Crippen LogP contribution is 2.32. The maximum absolute atomic E-state index is 6.32. The van der Waals surface area contributed by atoms with Crippen LogP contribution in [0.3, 0.4) is 0 Å². The molecule has 2 unspecified atom stereocenters. The summed E-state index contributed by atoms with van der Waals surface area (Å²) in [5.41, 5.74) is 6.32. The Morgan fingerprint density at radius 2 is 1.87 bits per heavy atom. The van der Waals surface area contributed by atoms with Crippen LogP contribution in [0.2, 0.25) is 0 Å². The van der Waals surface area contributed by atoms with Crippen molar-refractivity contribution in [1.82, 2.24) is 0 Å². The first-order chi connectivity index (χ1) is 7.15. The topological polar surface area (TPSA) is 35.2 Å². The molecule has 15 heavy (non-hydrogen) atoms. The molecular formula is C13H27NO. The number of hydrogen-bond donors (Lipinski definition) is 1. The van der Waals surface area contributed by atoms with Crippen molar-refractivity contribution in [2.45, 2.75) is 52.0 Å². The van der Waals surface area contributed by atoms with Crippen LogP contribution in [0.25, 0.3) is 0 Å². The summed E-state index contributed by atoms with van der Waals surface area (Å²) in [6, 6.07) is 0.382. The zero-order valence-corrected chi connectivity index (χ0v) is 10.5. The van der Waals surface area contributed by atoms with E-state index < -0.39 is 0 Å². The lowest BCUT2D eigenvalue weighted by Gasteiger charge is -2.33. The molecule has 0 amide bonds. The SMILES string of the molecule is COCCC(C)C(N)C1CCC(C)CC1. The number of methoxy groups -OCH3 is 1. The lowest BCUT2D eigenvalue weighted by Crippen LogP contribution is -2.38. The molecule has 1 aliphatic rings. The Balaban J connectivity index is 2.29. The van der Waals surface area contributed by atoms with Crippen LogP contribution in [0.15, 0.2) is 0 Å². The van der Waals surface area contributed by atoms with Gasteiger partial charge in [-0.1, -0.05) is 26.7 Å². The van der Waals surface area contributed by atoms with Crippen molar-refractivity contribution < 1.29 is 4.74 Å². The van der Waals surface area contributed by atoms with Gasteiger partial charge in [0.15, 0.2) is 0 Å². The lowest BCUT2D eigenvalue weighted by atomic mass is 9.76. The molecule has 0 aliphatic heterocycles. The van der Waals surface area contributed by atoms with Gasteiger partial charge in [-0.15, -0.1) is 0 Å². The fraction of sp³-hybridized carbons (Fsp3) is 1.00. The van der Waals surface area contributed by atoms with Gasteiger partial charge in [-0.2, -0.15) is 0 Å². The summed E-state index contributed by atoms with van der Waals surface area (Å²) in [5, 5.41) is 0. The Morgan fingerprint density at radius 3 is 2.40 bits per heavy atom. The van der Waals surface area contributed by atoms with Crippen LogP contribution in [0.5, 0.6) is 0 Å². The van der Waals surface area contributed by atoms with E-state index in [1.165, 1.54) is 25.7 Å². The zero-order chi connectivity index (χ0) is 11.3. The standard InChI is InChI=1S/C13H27NO/c1-10-4-6-12(7-5-10)13(14)11(2)8-9-15-3/h10-13H,4-9,14H2,1-3H3. The van der Waals surface area contributed by atoms with E-state index in [2.05, 4.69) is 13.8 Å². The molecule has 0 aromatic carbocycles. The van der Waals surface area contributed by atoms with Gasteiger partial charge < -0.3 is 10.5 Å². The van der Waals surface area contributed by atoms with Crippen molar-refractivity contribution in [3.63, 3.8) is 0 Å². The van der Waals surface area contributed by atoms with Gasteiger partial charge in [-0.3, -0.25) is 0 Å². The van der Waals surface area contributed by atoms with E-state index in [0.717, 1.165) is 24.9 Å². The van der Waals surface area contributed by atoms with Gasteiger partial charge >= 0.3 is 0 Å². The van der Waals surface area contributed by atoms with E-state index in [9.17, 15) is 0 Å². The van der Waals surface area contributed by atoms with Gasteiger partial charge in [0.1, 0.15) is 0 Å². The molecule has 0 heterocycles. The van der Waals surface area contributed by atoms with E-state index in [0.29, 0.717) is 12.0 Å². The Kier molecular flexibility index (Phi) is 5.62. The van der Waals surface area contributed by atoms with Gasteiger partial charge in [0, 0.05) is 19.8 Å². The van der Waals surface area contributed by atoms with Crippen LogP contribution >= 0.6 is 0 Å². The molecule has 90 valence electrons. The first-order valence-electron chi connectivity index (χ1n) is 6.39. The summed E-state index contributed by atoms with van der Waals surface area (Å²) >= 11 is 0. The first-order valence-corrected chi connectivity index (χ1v) is 6.39. The smallest absolute Gasteiger partial charge is 0.0465 e. The molecule has 1 saturated carbocycles. The highest BCUT2D eigenvalue weighted by Gasteiger charge is 2.26. The molecule has 0 radical (unpaired) electrons. The van der Waals surface area contributed by atoms with Crippen LogP contribution in [-0.4, -0.2) is 19.8 Å². The molecule has 0 bridgehead atoms. The molecule has 1 rings (SSSR count). The monoisotopic (exact) mass is 213 g/mol. The highest BCUT2D eigenvalue weighted by molar-refractivity contribution is 4.81. The van der Waals surface area contributed by atoms with E-state index in [-0.39, 0.29) is 0 Å². The van der Waals surface area contributed by atoms with Crippen molar-refractivity contribution >= 4 is 0 Å². The van der Waals surface area contributed by atoms with E-state index in [1.807, 2.05) is 0 Å². The molecule has 1 fully saturated rings. The third-order valence-electron chi connectivity index (χ3n) is 4.04. The number of hydrogen-bond acceptors (Lipinski definition) is 2. The Hall–Kier alpha value is -0.0800. The van der Waals surface area contributed by atoms with Crippen LogP contribution in [0.1, 0.15) is 46.0 Å². The van der Waals surface area contributed by atoms with Gasteiger partial charge in [-0.25, -0.2) is 0 Å². The average Bonchev–Trinajstić information content (AvgIpc) is 2.26. The van der Waals surface area contributed by atoms with E-state index >= 15 is 0 Å². The van der Waals surface area contributed by atoms with Crippen LogP contribution in [0, 0.1) is 17.8 Å². The zero-order valence-electron chi connectivity index (χ0n) is 10.5. The predicted molar refractivity (Wildman–Crippen MR) is 64.8 cm³/mol. The molecule has 0 spiro atoms. The highest BCUT2D eigenvalue weighted by atomic mass is 16.5. The van der Waals surface area contributed by atoms with Crippen LogP contribution < -0.4 is 5.73 Å². The minimum Gasteiger partial charge on any atom is -0.385 e. The van der Waals surface area contributed by atoms with Gasteiger partial charge in [0.05, 0.1) is 0 Å². The third-order valence-corrected chi connectivity index (χ3v) is 4.04.